The van der Waals surface area contributed by atoms with E-state index in [1.54, 1.807) is 14.2 Å². The molecular weight excluding hydrogens is 292 g/mol. The van der Waals surface area contributed by atoms with Crippen LogP contribution < -0.4 is 5.32 Å². The molecule has 0 aromatic carbocycles. The third-order valence-corrected chi connectivity index (χ3v) is 5.18. The van der Waals surface area contributed by atoms with E-state index in [0.29, 0.717) is 6.42 Å². The van der Waals surface area contributed by atoms with Crippen molar-refractivity contribution >= 4 is 5.91 Å². The van der Waals surface area contributed by atoms with Crippen molar-refractivity contribution in [1.82, 2.24) is 20.0 Å². The number of rotatable bonds is 6. The Morgan fingerprint density at radius 2 is 2.17 bits per heavy atom. The Bertz CT molecular complexity index is 555. The van der Waals surface area contributed by atoms with Gasteiger partial charge in [0.25, 0.3) is 0 Å². The lowest BCUT2D eigenvalue weighted by Gasteiger charge is -2.42. The molecule has 1 aliphatic rings. The van der Waals surface area contributed by atoms with Crippen LogP contribution in [0.15, 0.2) is 0 Å². The van der Waals surface area contributed by atoms with E-state index in [4.69, 9.17) is 4.74 Å². The quantitative estimate of drug-likeness (QED) is 0.863. The van der Waals surface area contributed by atoms with Crippen LogP contribution in [0.25, 0.3) is 0 Å². The third-order valence-electron chi connectivity index (χ3n) is 5.18. The number of nitrogens with one attached hydrogen (secondary N) is 1. The van der Waals surface area contributed by atoms with Crippen LogP contribution in [0.4, 0.5) is 0 Å². The van der Waals surface area contributed by atoms with E-state index in [9.17, 15) is 4.79 Å². The van der Waals surface area contributed by atoms with Crippen molar-refractivity contribution in [2.75, 3.05) is 27.2 Å². The Labute approximate surface area is 139 Å². The first kappa shape index (κ1) is 17.9. The number of piperidine rings is 1. The molecule has 1 aromatic heterocycles. The van der Waals surface area contributed by atoms with E-state index >= 15 is 0 Å². The largest absolute Gasteiger partial charge is 0.377 e. The maximum atomic E-state index is 11.6. The lowest BCUT2D eigenvalue weighted by molar-refractivity contribution is -0.124. The highest BCUT2D eigenvalue weighted by atomic mass is 16.5. The van der Waals surface area contributed by atoms with Crippen molar-refractivity contribution in [3.63, 3.8) is 0 Å². The summed E-state index contributed by atoms with van der Waals surface area (Å²) in [6.45, 7) is 7.03. The molecule has 0 radical (unpaired) electrons. The van der Waals surface area contributed by atoms with Crippen molar-refractivity contribution in [2.24, 2.45) is 7.05 Å². The lowest BCUT2D eigenvalue weighted by Crippen LogP contribution is -2.49. The highest BCUT2D eigenvalue weighted by Gasteiger charge is 2.36. The topological polar surface area (TPSA) is 59.4 Å². The zero-order valence-corrected chi connectivity index (χ0v) is 15.1. The molecular formula is C17H30N4O2. The fourth-order valence-electron chi connectivity index (χ4n) is 3.53. The van der Waals surface area contributed by atoms with Crippen molar-refractivity contribution in [2.45, 2.75) is 51.7 Å². The molecule has 1 aliphatic heterocycles. The van der Waals surface area contributed by atoms with Crippen LogP contribution in [0.2, 0.25) is 0 Å². The molecule has 1 N–H and O–H groups in total. The first-order valence-corrected chi connectivity index (χ1v) is 8.38. The van der Waals surface area contributed by atoms with E-state index < -0.39 is 0 Å². The fraction of sp³-hybridized carbons (Fsp3) is 0.765. The average Bonchev–Trinajstić information content (AvgIpc) is 2.79. The van der Waals surface area contributed by atoms with Crippen LogP contribution in [0.5, 0.6) is 0 Å². The Balaban J connectivity index is 2.05. The fourth-order valence-corrected chi connectivity index (χ4v) is 3.53. The van der Waals surface area contributed by atoms with Crippen LogP contribution in [-0.2, 0) is 23.1 Å². The van der Waals surface area contributed by atoms with Gasteiger partial charge in [0.05, 0.1) is 11.3 Å². The van der Waals surface area contributed by atoms with Gasteiger partial charge in [-0.2, -0.15) is 5.10 Å². The molecule has 1 amide bonds. The highest BCUT2D eigenvalue weighted by molar-refractivity contribution is 5.75. The Morgan fingerprint density at radius 3 is 2.74 bits per heavy atom. The molecule has 0 aliphatic carbocycles. The van der Waals surface area contributed by atoms with Gasteiger partial charge in [0.2, 0.25) is 5.91 Å². The zero-order chi connectivity index (χ0) is 17.0. The van der Waals surface area contributed by atoms with Gasteiger partial charge in [-0.1, -0.05) is 0 Å². The molecule has 1 atom stereocenters. The molecule has 1 fully saturated rings. The molecule has 1 saturated heterocycles. The molecule has 0 bridgehead atoms. The number of likely N-dealkylation sites (tertiary alicyclic amines) is 1. The van der Waals surface area contributed by atoms with Gasteiger partial charge >= 0.3 is 0 Å². The summed E-state index contributed by atoms with van der Waals surface area (Å²) in [5.41, 5.74) is 3.42. The first-order chi connectivity index (χ1) is 10.9. The standard InChI is InChI=1S/C17H30N4O2/c1-13-15(14(2)20(4)19-13)11-21-10-6-8-17(12-21,23-5)9-7-16(22)18-3/h6-12H2,1-5H3,(H,18,22). The molecule has 0 spiro atoms. The van der Waals surface area contributed by atoms with E-state index in [0.717, 1.165) is 44.6 Å². The van der Waals surface area contributed by atoms with Gasteiger partial charge in [-0.15, -0.1) is 0 Å². The Morgan fingerprint density at radius 1 is 1.43 bits per heavy atom. The maximum Gasteiger partial charge on any atom is 0.219 e. The second-order valence-corrected chi connectivity index (χ2v) is 6.65. The lowest BCUT2D eigenvalue weighted by atomic mass is 9.87. The van der Waals surface area contributed by atoms with Gasteiger partial charge in [-0.05, 0) is 39.7 Å². The number of methoxy groups -OCH3 is 1. The summed E-state index contributed by atoms with van der Waals surface area (Å²) in [6, 6.07) is 0. The minimum atomic E-state index is -0.214. The van der Waals surface area contributed by atoms with Gasteiger partial charge in [-0.3, -0.25) is 14.4 Å². The van der Waals surface area contributed by atoms with Crippen molar-refractivity contribution in [1.29, 1.82) is 0 Å². The monoisotopic (exact) mass is 322 g/mol. The number of aromatic nitrogens is 2. The minimum Gasteiger partial charge on any atom is -0.377 e. The van der Waals surface area contributed by atoms with Gasteiger partial charge < -0.3 is 10.1 Å². The number of carbonyl (C=O) groups is 1. The predicted molar refractivity (Wildman–Crippen MR) is 90.2 cm³/mol. The van der Waals surface area contributed by atoms with Crippen LogP contribution >= 0.6 is 0 Å². The molecule has 2 rings (SSSR count). The maximum absolute atomic E-state index is 11.6. The normalized spacial score (nSPS) is 22.3. The molecule has 6 nitrogen and oxygen atoms in total. The smallest absolute Gasteiger partial charge is 0.219 e. The minimum absolute atomic E-state index is 0.0810. The number of hydrogen-bond acceptors (Lipinski definition) is 4. The third kappa shape index (κ3) is 4.12. The highest BCUT2D eigenvalue weighted by Crippen LogP contribution is 2.30. The van der Waals surface area contributed by atoms with Gasteiger partial charge in [0, 0.05) is 52.0 Å². The molecule has 6 heteroatoms. The van der Waals surface area contributed by atoms with Crippen molar-refractivity contribution < 1.29 is 9.53 Å². The summed E-state index contributed by atoms with van der Waals surface area (Å²) in [4.78, 5) is 14.0. The van der Waals surface area contributed by atoms with E-state index in [2.05, 4.69) is 29.2 Å². The van der Waals surface area contributed by atoms with Gasteiger partial charge in [-0.25, -0.2) is 0 Å². The van der Waals surface area contributed by atoms with Gasteiger partial charge in [0.15, 0.2) is 0 Å². The second-order valence-electron chi connectivity index (χ2n) is 6.65. The average molecular weight is 322 g/mol. The molecule has 130 valence electrons. The van der Waals surface area contributed by atoms with Crippen molar-refractivity contribution in [3.05, 3.63) is 17.0 Å². The number of aryl methyl sites for hydroxylation is 2. The summed E-state index contributed by atoms with van der Waals surface area (Å²) in [6.07, 6.45) is 3.40. The van der Waals surface area contributed by atoms with Crippen molar-refractivity contribution in [3.8, 4) is 0 Å². The molecule has 23 heavy (non-hydrogen) atoms. The van der Waals surface area contributed by atoms with Crippen LogP contribution in [0, 0.1) is 13.8 Å². The van der Waals surface area contributed by atoms with E-state index in [1.807, 2.05) is 11.7 Å². The molecule has 1 aromatic rings. The molecule has 2 heterocycles. The van der Waals surface area contributed by atoms with Crippen LogP contribution in [-0.4, -0.2) is 53.4 Å². The molecule has 0 saturated carbocycles. The number of carbonyl (C=O) groups excluding carboxylic acids is 1. The summed E-state index contributed by atoms with van der Waals surface area (Å²) in [7, 11) is 5.45. The number of ether oxygens (including phenoxy) is 1. The van der Waals surface area contributed by atoms with E-state index in [1.165, 1.54) is 11.3 Å². The number of amides is 1. The zero-order valence-electron chi connectivity index (χ0n) is 15.1. The molecule has 1 unspecified atom stereocenters. The Hall–Kier alpha value is -1.40. The van der Waals surface area contributed by atoms with Crippen LogP contribution in [0.1, 0.15) is 42.6 Å². The second kappa shape index (κ2) is 7.45. The van der Waals surface area contributed by atoms with E-state index in [-0.39, 0.29) is 11.5 Å². The summed E-state index contributed by atoms with van der Waals surface area (Å²) >= 11 is 0. The number of hydrogen-bond donors (Lipinski definition) is 1. The number of nitrogens with zero attached hydrogens (tertiary/aromatic N) is 3. The van der Waals surface area contributed by atoms with Gasteiger partial charge in [0.1, 0.15) is 0 Å². The summed E-state index contributed by atoms with van der Waals surface area (Å²) in [5, 5.41) is 7.20. The first-order valence-electron chi connectivity index (χ1n) is 8.38. The summed E-state index contributed by atoms with van der Waals surface area (Å²) in [5.74, 6) is 0.0810. The Kier molecular flexibility index (Phi) is 5.81. The van der Waals surface area contributed by atoms with Crippen LogP contribution in [0.3, 0.4) is 0 Å². The summed E-state index contributed by atoms with van der Waals surface area (Å²) < 4.78 is 7.81. The SMILES string of the molecule is CNC(=O)CCC1(OC)CCCN(Cc2c(C)nn(C)c2C)C1. The predicted octanol–water partition coefficient (Wildman–Crippen LogP) is 1.54.